The van der Waals surface area contributed by atoms with E-state index in [1.807, 2.05) is 0 Å². The molecule has 1 heterocycles. The standard InChI is InChI=1S/C13H25N3S/c1-9(2)12(14)6-7-16(5)8-13-15-10(3)11(4)17-13/h9,12H,6-8,14H2,1-5H3. The van der Waals surface area contributed by atoms with Crippen molar-refractivity contribution in [2.24, 2.45) is 11.7 Å². The Bertz CT molecular complexity index is 327. The van der Waals surface area contributed by atoms with Crippen molar-refractivity contribution in [2.75, 3.05) is 13.6 Å². The average molecular weight is 255 g/mol. The van der Waals surface area contributed by atoms with Gasteiger partial charge in [-0.15, -0.1) is 11.3 Å². The van der Waals surface area contributed by atoms with Crippen molar-refractivity contribution in [2.45, 2.75) is 46.7 Å². The van der Waals surface area contributed by atoms with Crippen molar-refractivity contribution >= 4 is 11.3 Å². The van der Waals surface area contributed by atoms with Gasteiger partial charge in [-0.25, -0.2) is 4.98 Å². The van der Waals surface area contributed by atoms with Gasteiger partial charge in [0.15, 0.2) is 0 Å². The first-order valence-corrected chi connectivity index (χ1v) is 7.08. The smallest absolute Gasteiger partial charge is 0.107 e. The molecule has 1 rings (SSSR count). The quantitative estimate of drug-likeness (QED) is 0.849. The summed E-state index contributed by atoms with van der Waals surface area (Å²) in [5.74, 6) is 0.563. The van der Waals surface area contributed by atoms with E-state index in [0.29, 0.717) is 12.0 Å². The lowest BCUT2D eigenvalue weighted by molar-refractivity contribution is 0.296. The molecule has 0 aromatic carbocycles. The van der Waals surface area contributed by atoms with Crippen molar-refractivity contribution in [1.29, 1.82) is 0 Å². The van der Waals surface area contributed by atoms with Crippen molar-refractivity contribution in [3.05, 3.63) is 15.6 Å². The van der Waals surface area contributed by atoms with Gasteiger partial charge in [-0.2, -0.15) is 0 Å². The van der Waals surface area contributed by atoms with E-state index >= 15 is 0 Å². The molecule has 1 unspecified atom stereocenters. The van der Waals surface area contributed by atoms with E-state index in [0.717, 1.165) is 25.2 Å². The molecule has 1 atom stereocenters. The van der Waals surface area contributed by atoms with E-state index < -0.39 is 0 Å². The molecule has 0 fully saturated rings. The van der Waals surface area contributed by atoms with E-state index in [4.69, 9.17) is 5.73 Å². The van der Waals surface area contributed by atoms with Gasteiger partial charge in [-0.1, -0.05) is 13.8 Å². The van der Waals surface area contributed by atoms with Crippen LogP contribution < -0.4 is 5.73 Å². The zero-order chi connectivity index (χ0) is 13.0. The third-order valence-electron chi connectivity index (χ3n) is 3.18. The summed E-state index contributed by atoms with van der Waals surface area (Å²) in [6.07, 6.45) is 1.05. The van der Waals surface area contributed by atoms with E-state index in [2.05, 4.69) is 44.6 Å². The second kappa shape index (κ2) is 6.47. The molecule has 3 nitrogen and oxygen atoms in total. The molecule has 1 aromatic heterocycles. The van der Waals surface area contributed by atoms with Crippen LogP contribution in [0.5, 0.6) is 0 Å². The normalized spacial score (nSPS) is 13.6. The predicted molar refractivity (Wildman–Crippen MR) is 75.4 cm³/mol. The van der Waals surface area contributed by atoms with Crippen LogP contribution in [0, 0.1) is 19.8 Å². The Kier molecular flexibility index (Phi) is 5.56. The first-order valence-electron chi connectivity index (χ1n) is 6.27. The van der Waals surface area contributed by atoms with Crippen molar-refractivity contribution < 1.29 is 0 Å². The number of rotatable bonds is 6. The highest BCUT2D eigenvalue weighted by Crippen LogP contribution is 2.17. The van der Waals surface area contributed by atoms with E-state index in [9.17, 15) is 0 Å². The van der Waals surface area contributed by atoms with Crippen LogP contribution in [0.25, 0.3) is 0 Å². The maximum atomic E-state index is 6.05. The van der Waals surface area contributed by atoms with Gasteiger partial charge in [0.05, 0.1) is 12.2 Å². The van der Waals surface area contributed by atoms with Crippen LogP contribution in [0.4, 0.5) is 0 Å². The van der Waals surface area contributed by atoms with Gasteiger partial charge in [-0.3, -0.25) is 4.90 Å². The minimum Gasteiger partial charge on any atom is -0.327 e. The minimum absolute atomic E-state index is 0.303. The molecular weight excluding hydrogens is 230 g/mol. The average Bonchev–Trinajstić information content (AvgIpc) is 2.54. The summed E-state index contributed by atoms with van der Waals surface area (Å²) in [6.45, 7) is 10.5. The molecule has 0 aliphatic rings. The SMILES string of the molecule is Cc1nc(CN(C)CCC(N)C(C)C)sc1C. The lowest BCUT2D eigenvalue weighted by Gasteiger charge is -2.20. The van der Waals surface area contributed by atoms with Gasteiger partial charge in [0.25, 0.3) is 0 Å². The van der Waals surface area contributed by atoms with Gasteiger partial charge in [0.1, 0.15) is 5.01 Å². The van der Waals surface area contributed by atoms with Crippen LogP contribution >= 0.6 is 11.3 Å². The van der Waals surface area contributed by atoms with Gasteiger partial charge in [-0.05, 0) is 39.8 Å². The molecule has 0 bridgehead atoms. The number of nitrogens with two attached hydrogens (primary N) is 1. The van der Waals surface area contributed by atoms with E-state index in [1.54, 1.807) is 11.3 Å². The summed E-state index contributed by atoms with van der Waals surface area (Å²) in [6, 6.07) is 0.303. The summed E-state index contributed by atoms with van der Waals surface area (Å²) in [7, 11) is 2.14. The van der Waals surface area contributed by atoms with Gasteiger partial charge in [0, 0.05) is 10.9 Å². The molecule has 0 saturated carbocycles. The fraction of sp³-hybridized carbons (Fsp3) is 0.769. The fourth-order valence-electron chi connectivity index (χ4n) is 1.62. The summed E-state index contributed by atoms with van der Waals surface area (Å²) < 4.78 is 0. The zero-order valence-electron chi connectivity index (χ0n) is 11.7. The van der Waals surface area contributed by atoms with Crippen LogP contribution in [0.3, 0.4) is 0 Å². The Morgan fingerprint density at radius 3 is 2.47 bits per heavy atom. The number of aryl methyl sites for hydroxylation is 2. The Labute approximate surface area is 109 Å². The second-order valence-electron chi connectivity index (χ2n) is 5.18. The summed E-state index contributed by atoms with van der Waals surface area (Å²) in [5, 5.41) is 1.21. The predicted octanol–water partition coefficient (Wildman–Crippen LogP) is 2.57. The Morgan fingerprint density at radius 1 is 1.35 bits per heavy atom. The molecule has 4 heteroatoms. The summed E-state index contributed by atoms with van der Waals surface area (Å²) in [4.78, 5) is 8.19. The Hall–Kier alpha value is -0.450. The lowest BCUT2D eigenvalue weighted by atomic mass is 10.0. The zero-order valence-corrected chi connectivity index (χ0v) is 12.5. The molecule has 0 saturated heterocycles. The molecule has 0 amide bonds. The fourth-order valence-corrected chi connectivity index (χ4v) is 2.63. The van der Waals surface area contributed by atoms with E-state index in [-0.39, 0.29) is 0 Å². The lowest BCUT2D eigenvalue weighted by Crippen LogP contribution is -2.31. The molecule has 0 aliphatic heterocycles. The second-order valence-corrected chi connectivity index (χ2v) is 6.47. The molecule has 1 aromatic rings. The molecule has 98 valence electrons. The van der Waals surface area contributed by atoms with Gasteiger partial charge in [0.2, 0.25) is 0 Å². The maximum Gasteiger partial charge on any atom is 0.107 e. The van der Waals surface area contributed by atoms with Crippen molar-refractivity contribution in [3.63, 3.8) is 0 Å². The van der Waals surface area contributed by atoms with Crippen molar-refractivity contribution in [3.8, 4) is 0 Å². The number of aromatic nitrogens is 1. The van der Waals surface area contributed by atoms with Crippen LogP contribution in [0.15, 0.2) is 0 Å². The first kappa shape index (κ1) is 14.6. The number of nitrogens with zero attached hydrogens (tertiary/aromatic N) is 2. The Morgan fingerprint density at radius 2 is 2.00 bits per heavy atom. The highest BCUT2D eigenvalue weighted by atomic mass is 32.1. The molecule has 17 heavy (non-hydrogen) atoms. The summed E-state index contributed by atoms with van der Waals surface area (Å²) in [5.41, 5.74) is 7.21. The van der Waals surface area contributed by atoms with Gasteiger partial charge < -0.3 is 5.73 Å². The van der Waals surface area contributed by atoms with E-state index in [1.165, 1.54) is 9.88 Å². The maximum absolute atomic E-state index is 6.05. The van der Waals surface area contributed by atoms with Crippen LogP contribution in [0.1, 0.15) is 35.8 Å². The first-order chi connectivity index (χ1) is 7.90. The highest BCUT2D eigenvalue weighted by Gasteiger charge is 2.10. The molecule has 2 N–H and O–H groups in total. The molecule has 0 spiro atoms. The molecular formula is C13H25N3S. The number of thiazole rings is 1. The van der Waals surface area contributed by atoms with Crippen molar-refractivity contribution in [1.82, 2.24) is 9.88 Å². The highest BCUT2D eigenvalue weighted by molar-refractivity contribution is 7.11. The monoisotopic (exact) mass is 255 g/mol. The summed E-state index contributed by atoms with van der Waals surface area (Å²) >= 11 is 1.80. The largest absolute Gasteiger partial charge is 0.327 e. The third-order valence-corrected chi connectivity index (χ3v) is 4.24. The molecule has 0 radical (unpaired) electrons. The third kappa shape index (κ3) is 4.74. The minimum atomic E-state index is 0.303. The van der Waals surface area contributed by atoms with Gasteiger partial charge >= 0.3 is 0 Å². The van der Waals surface area contributed by atoms with Crippen LogP contribution in [-0.2, 0) is 6.54 Å². The Balaban J connectivity index is 2.37. The number of hydrogen-bond acceptors (Lipinski definition) is 4. The van der Waals surface area contributed by atoms with Crippen LogP contribution in [-0.4, -0.2) is 29.5 Å². The topological polar surface area (TPSA) is 42.2 Å². The molecule has 0 aliphatic carbocycles. The number of hydrogen-bond donors (Lipinski definition) is 1. The van der Waals surface area contributed by atoms with Crippen LogP contribution in [0.2, 0.25) is 0 Å².